The number of halogens is 3. The quantitative estimate of drug-likeness (QED) is 0.733. The van der Waals surface area contributed by atoms with Gasteiger partial charge in [-0.05, 0) is 44.1 Å². The highest BCUT2D eigenvalue weighted by atomic mass is 19.4. The molecule has 1 aromatic carbocycles. The van der Waals surface area contributed by atoms with Gasteiger partial charge >= 0.3 is 12.1 Å². The summed E-state index contributed by atoms with van der Waals surface area (Å²) in [6.07, 6.45) is -0.337. The number of benzene rings is 1. The lowest BCUT2D eigenvalue weighted by Crippen LogP contribution is -2.52. The molecule has 31 heavy (non-hydrogen) atoms. The van der Waals surface area contributed by atoms with E-state index in [0.29, 0.717) is 6.04 Å². The Hall–Kier alpha value is -2.13. The van der Waals surface area contributed by atoms with E-state index in [9.17, 15) is 18.0 Å². The highest BCUT2D eigenvalue weighted by molar-refractivity contribution is 5.79. The molecule has 3 atom stereocenters. The standard InChI is InChI=1S/C20H28N2O2.C2HF3O2/c1-14-2-4-16(5-3-14)12-22-13-17(10-19-18(22)8-9-24-19)20(23)21-11-15-6-7-15;3-2(4,5)1(6)7/h2-5,15,17-19H,6-13H2,1H3,(H,21,23);(H,6,7)/t17-,18-,19-;/m1./s1. The number of piperidine rings is 1. The minimum absolute atomic E-state index is 0.0635. The zero-order valence-corrected chi connectivity index (χ0v) is 17.5. The lowest BCUT2D eigenvalue weighted by Gasteiger charge is -2.40. The molecular weight excluding hydrogens is 413 g/mol. The molecule has 2 heterocycles. The van der Waals surface area contributed by atoms with E-state index in [0.717, 1.165) is 45.0 Å². The number of alkyl halides is 3. The molecule has 1 aromatic rings. The Balaban J connectivity index is 0.000000339. The Bertz CT molecular complexity index is 765. The van der Waals surface area contributed by atoms with E-state index in [1.807, 2.05) is 0 Å². The predicted octanol–water partition coefficient (Wildman–Crippen LogP) is 3.13. The molecule has 1 amide bonds. The number of aliphatic carboxylic acids is 1. The maximum atomic E-state index is 12.6. The average molecular weight is 442 g/mol. The number of hydrogen-bond donors (Lipinski definition) is 2. The number of nitrogens with one attached hydrogen (secondary N) is 1. The van der Waals surface area contributed by atoms with Crippen molar-refractivity contribution in [2.24, 2.45) is 11.8 Å². The third kappa shape index (κ3) is 6.93. The highest BCUT2D eigenvalue weighted by Crippen LogP contribution is 2.33. The van der Waals surface area contributed by atoms with Crippen molar-refractivity contribution in [2.45, 2.75) is 57.5 Å². The fourth-order valence-corrected chi connectivity index (χ4v) is 4.06. The van der Waals surface area contributed by atoms with Gasteiger partial charge in [0.05, 0.1) is 12.0 Å². The molecule has 9 heteroatoms. The smallest absolute Gasteiger partial charge is 0.475 e. The maximum Gasteiger partial charge on any atom is 0.490 e. The van der Waals surface area contributed by atoms with Gasteiger partial charge in [-0.2, -0.15) is 13.2 Å². The van der Waals surface area contributed by atoms with E-state index in [1.54, 1.807) is 0 Å². The minimum atomic E-state index is -5.08. The summed E-state index contributed by atoms with van der Waals surface area (Å²) in [5.74, 6) is -1.73. The average Bonchev–Trinajstić information content (AvgIpc) is 3.42. The van der Waals surface area contributed by atoms with Crippen LogP contribution in [-0.4, -0.2) is 59.9 Å². The van der Waals surface area contributed by atoms with Crippen LogP contribution in [0.3, 0.4) is 0 Å². The van der Waals surface area contributed by atoms with Gasteiger partial charge in [0.2, 0.25) is 5.91 Å². The van der Waals surface area contributed by atoms with Crippen LogP contribution in [-0.2, 0) is 20.9 Å². The summed E-state index contributed by atoms with van der Waals surface area (Å²) in [6.45, 7) is 5.58. The molecule has 3 fully saturated rings. The fraction of sp³-hybridized carbons (Fsp3) is 0.636. The van der Waals surface area contributed by atoms with Crippen LogP contribution in [0.1, 0.15) is 36.8 Å². The monoisotopic (exact) mass is 442 g/mol. The molecule has 2 saturated heterocycles. The van der Waals surface area contributed by atoms with E-state index >= 15 is 0 Å². The molecular formula is C22H29F3N2O4. The van der Waals surface area contributed by atoms with Crippen LogP contribution >= 0.6 is 0 Å². The van der Waals surface area contributed by atoms with Gasteiger partial charge in [0, 0.05) is 32.3 Å². The van der Waals surface area contributed by atoms with Crippen molar-refractivity contribution in [1.29, 1.82) is 0 Å². The summed E-state index contributed by atoms with van der Waals surface area (Å²) in [5, 5.41) is 10.3. The van der Waals surface area contributed by atoms with Crippen molar-refractivity contribution in [3.8, 4) is 0 Å². The van der Waals surface area contributed by atoms with Crippen LogP contribution in [0.15, 0.2) is 24.3 Å². The van der Waals surface area contributed by atoms with Crippen molar-refractivity contribution in [2.75, 3.05) is 19.7 Å². The largest absolute Gasteiger partial charge is 0.490 e. The van der Waals surface area contributed by atoms with Crippen LogP contribution in [0.5, 0.6) is 0 Å². The molecule has 6 nitrogen and oxygen atoms in total. The second-order valence-electron chi connectivity index (χ2n) is 8.60. The number of carboxylic acids is 1. The Kier molecular flexibility index (Phi) is 7.59. The number of carbonyl (C=O) groups excluding carboxylic acids is 1. The summed E-state index contributed by atoms with van der Waals surface area (Å²) in [4.78, 5) is 23.9. The van der Waals surface area contributed by atoms with Crippen LogP contribution in [0.4, 0.5) is 13.2 Å². The lowest BCUT2D eigenvalue weighted by atomic mass is 9.89. The summed E-state index contributed by atoms with van der Waals surface area (Å²) in [5.41, 5.74) is 2.61. The van der Waals surface area contributed by atoms with E-state index in [4.69, 9.17) is 14.6 Å². The molecule has 2 N–H and O–H groups in total. The van der Waals surface area contributed by atoms with Gasteiger partial charge in [-0.15, -0.1) is 0 Å². The van der Waals surface area contributed by atoms with Gasteiger partial charge in [-0.3, -0.25) is 9.69 Å². The van der Waals surface area contributed by atoms with Crippen molar-refractivity contribution in [3.05, 3.63) is 35.4 Å². The Labute approximate surface area is 179 Å². The number of nitrogens with zero attached hydrogens (tertiary/aromatic N) is 1. The van der Waals surface area contributed by atoms with Crippen molar-refractivity contribution >= 4 is 11.9 Å². The van der Waals surface area contributed by atoms with Crippen molar-refractivity contribution < 1.29 is 32.6 Å². The van der Waals surface area contributed by atoms with Gasteiger partial charge in [0.15, 0.2) is 0 Å². The first-order chi connectivity index (χ1) is 14.6. The van der Waals surface area contributed by atoms with Gasteiger partial charge in [-0.25, -0.2) is 4.79 Å². The van der Waals surface area contributed by atoms with E-state index in [1.165, 1.54) is 24.0 Å². The topological polar surface area (TPSA) is 78.9 Å². The number of fused-ring (bicyclic) bond motifs is 1. The molecule has 0 spiro atoms. The third-order valence-electron chi connectivity index (χ3n) is 6.00. The molecule has 1 saturated carbocycles. The maximum absolute atomic E-state index is 12.6. The SMILES string of the molecule is Cc1ccc(CN2C[C@H](C(=O)NCC3CC3)C[C@H]3OCC[C@H]32)cc1.O=C(O)C(F)(F)F. The first-order valence-electron chi connectivity index (χ1n) is 10.6. The summed E-state index contributed by atoms with van der Waals surface area (Å²) < 4.78 is 37.7. The van der Waals surface area contributed by atoms with Crippen LogP contribution in [0, 0.1) is 18.8 Å². The van der Waals surface area contributed by atoms with Crippen molar-refractivity contribution in [1.82, 2.24) is 10.2 Å². The molecule has 0 aromatic heterocycles. The molecule has 0 unspecified atom stereocenters. The molecule has 1 aliphatic carbocycles. The number of carbonyl (C=O) groups is 2. The first-order valence-corrected chi connectivity index (χ1v) is 10.6. The van der Waals surface area contributed by atoms with Gasteiger partial charge in [0.25, 0.3) is 0 Å². The lowest BCUT2D eigenvalue weighted by molar-refractivity contribution is -0.192. The van der Waals surface area contributed by atoms with E-state index in [-0.39, 0.29) is 17.9 Å². The zero-order valence-electron chi connectivity index (χ0n) is 17.5. The Morgan fingerprint density at radius 1 is 1.19 bits per heavy atom. The first kappa shape index (κ1) is 23.5. The predicted molar refractivity (Wildman–Crippen MR) is 107 cm³/mol. The number of aryl methyl sites for hydroxylation is 1. The van der Waals surface area contributed by atoms with Crippen LogP contribution < -0.4 is 5.32 Å². The Morgan fingerprint density at radius 3 is 2.42 bits per heavy atom. The van der Waals surface area contributed by atoms with E-state index in [2.05, 4.69) is 41.4 Å². The number of amides is 1. The normalized spacial score (nSPS) is 25.9. The molecule has 3 aliphatic rings. The summed E-state index contributed by atoms with van der Waals surface area (Å²) in [6, 6.07) is 9.22. The number of hydrogen-bond acceptors (Lipinski definition) is 4. The number of likely N-dealkylation sites (tertiary alicyclic amines) is 1. The number of rotatable bonds is 5. The van der Waals surface area contributed by atoms with Crippen molar-refractivity contribution in [3.63, 3.8) is 0 Å². The van der Waals surface area contributed by atoms with Crippen LogP contribution in [0.2, 0.25) is 0 Å². The van der Waals surface area contributed by atoms with Gasteiger partial charge < -0.3 is 15.2 Å². The second kappa shape index (κ2) is 9.99. The molecule has 0 bridgehead atoms. The van der Waals surface area contributed by atoms with Gasteiger partial charge in [0.1, 0.15) is 0 Å². The van der Waals surface area contributed by atoms with Crippen LogP contribution in [0.25, 0.3) is 0 Å². The number of ether oxygens (including phenoxy) is 1. The summed E-state index contributed by atoms with van der Waals surface area (Å²) >= 11 is 0. The highest BCUT2D eigenvalue weighted by Gasteiger charge is 2.42. The molecule has 4 rings (SSSR count). The molecule has 0 radical (unpaired) electrons. The molecule has 172 valence electrons. The minimum Gasteiger partial charge on any atom is -0.475 e. The Morgan fingerprint density at radius 2 is 1.84 bits per heavy atom. The number of carboxylic acid groups (broad SMARTS) is 1. The van der Waals surface area contributed by atoms with E-state index < -0.39 is 12.1 Å². The molecule has 2 aliphatic heterocycles. The second-order valence-corrected chi connectivity index (χ2v) is 8.60. The third-order valence-corrected chi connectivity index (χ3v) is 6.00. The fourth-order valence-electron chi connectivity index (χ4n) is 4.06. The summed E-state index contributed by atoms with van der Waals surface area (Å²) in [7, 11) is 0. The van der Waals surface area contributed by atoms with Gasteiger partial charge in [-0.1, -0.05) is 29.8 Å². The zero-order chi connectivity index (χ0) is 22.6.